The van der Waals surface area contributed by atoms with Crippen LogP contribution in [-0.4, -0.2) is 40.9 Å². The summed E-state index contributed by atoms with van der Waals surface area (Å²) >= 11 is 0. The van der Waals surface area contributed by atoms with Crippen molar-refractivity contribution in [3.05, 3.63) is 59.9 Å². The summed E-state index contributed by atoms with van der Waals surface area (Å²) < 4.78 is 5.00. The summed E-state index contributed by atoms with van der Waals surface area (Å²) in [5.74, 6) is -1.03. The van der Waals surface area contributed by atoms with E-state index in [0.29, 0.717) is 16.8 Å². The molecule has 170 valence electrons. The fraction of sp³-hybridized carbons (Fsp3) is 0.318. The molecule has 0 saturated heterocycles. The van der Waals surface area contributed by atoms with Crippen LogP contribution >= 0.6 is 0 Å². The first-order chi connectivity index (χ1) is 15.1. The molecule has 0 fully saturated rings. The number of esters is 1. The van der Waals surface area contributed by atoms with E-state index in [-0.39, 0.29) is 18.9 Å². The lowest BCUT2D eigenvalue weighted by atomic mass is 10.0. The zero-order chi connectivity index (χ0) is 23.7. The predicted octanol–water partition coefficient (Wildman–Crippen LogP) is 2.08. The van der Waals surface area contributed by atoms with E-state index in [2.05, 4.69) is 20.9 Å². The lowest BCUT2D eigenvalue weighted by Crippen LogP contribution is -2.56. The van der Waals surface area contributed by atoms with Gasteiger partial charge in [-0.3, -0.25) is 20.0 Å². The molecule has 2 aromatic rings. The van der Waals surface area contributed by atoms with Crippen LogP contribution in [0.1, 0.15) is 44.4 Å². The summed E-state index contributed by atoms with van der Waals surface area (Å²) in [6.45, 7) is 5.03. The first-order valence-corrected chi connectivity index (χ1v) is 10.0. The molecular formula is C22H28N6O4. The van der Waals surface area contributed by atoms with Crippen molar-refractivity contribution in [1.82, 2.24) is 15.6 Å². The molecule has 10 nitrogen and oxygen atoms in total. The van der Waals surface area contributed by atoms with Crippen LogP contribution in [0, 0.1) is 5.41 Å². The largest absolute Gasteiger partial charge is 0.466 e. The molecule has 1 aromatic heterocycles. The van der Waals surface area contributed by atoms with Gasteiger partial charge in [0.25, 0.3) is 0 Å². The van der Waals surface area contributed by atoms with Gasteiger partial charge in [0.05, 0.1) is 19.1 Å². The van der Waals surface area contributed by atoms with Gasteiger partial charge in [-0.25, -0.2) is 4.79 Å². The quantitative estimate of drug-likeness (QED) is 0.228. The highest BCUT2D eigenvalue weighted by molar-refractivity contribution is 5.97. The van der Waals surface area contributed by atoms with Gasteiger partial charge in [-0.1, -0.05) is 6.07 Å². The summed E-state index contributed by atoms with van der Waals surface area (Å²) in [4.78, 5) is 41.4. The topological polar surface area (TPSA) is 159 Å². The average Bonchev–Trinajstić information content (AvgIpc) is 2.74. The van der Waals surface area contributed by atoms with Crippen molar-refractivity contribution in [3.63, 3.8) is 0 Å². The van der Waals surface area contributed by atoms with Crippen LogP contribution in [0.3, 0.4) is 0 Å². The Balaban J connectivity index is 2.05. The summed E-state index contributed by atoms with van der Waals surface area (Å²) in [5, 5.41) is 15.4. The number of pyridine rings is 1. The van der Waals surface area contributed by atoms with Crippen LogP contribution in [-0.2, 0) is 14.3 Å². The number of nitrogens with one attached hydrogen (secondary N) is 4. The van der Waals surface area contributed by atoms with Gasteiger partial charge in [-0.2, -0.15) is 0 Å². The Labute approximate surface area is 186 Å². The maximum absolute atomic E-state index is 12.9. The number of ether oxygens (including phenoxy) is 1. The van der Waals surface area contributed by atoms with Crippen LogP contribution < -0.4 is 21.7 Å². The average molecular weight is 441 g/mol. The van der Waals surface area contributed by atoms with E-state index in [0.717, 1.165) is 0 Å². The fourth-order valence-electron chi connectivity index (χ4n) is 2.80. The molecule has 10 heteroatoms. The van der Waals surface area contributed by atoms with Crippen LogP contribution in [0.5, 0.6) is 0 Å². The van der Waals surface area contributed by atoms with Crippen molar-refractivity contribution < 1.29 is 19.1 Å². The second-order valence-electron chi connectivity index (χ2n) is 7.52. The first-order valence-electron chi connectivity index (χ1n) is 10.0. The minimum atomic E-state index is -1.29. The third kappa shape index (κ3) is 7.08. The van der Waals surface area contributed by atoms with E-state index >= 15 is 0 Å². The molecule has 1 heterocycles. The number of amides is 3. The van der Waals surface area contributed by atoms with E-state index in [1.807, 2.05) is 0 Å². The highest BCUT2D eigenvalue weighted by Crippen LogP contribution is 2.18. The van der Waals surface area contributed by atoms with E-state index in [4.69, 9.17) is 15.9 Å². The van der Waals surface area contributed by atoms with Crippen molar-refractivity contribution in [3.8, 4) is 0 Å². The molecule has 32 heavy (non-hydrogen) atoms. The zero-order valence-corrected chi connectivity index (χ0v) is 18.3. The molecule has 6 N–H and O–H groups in total. The number of anilines is 1. The minimum Gasteiger partial charge on any atom is -0.466 e. The van der Waals surface area contributed by atoms with Crippen molar-refractivity contribution >= 4 is 29.4 Å². The molecule has 0 spiro atoms. The van der Waals surface area contributed by atoms with Crippen molar-refractivity contribution in [1.29, 1.82) is 5.41 Å². The van der Waals surface area contributed by atoms with Crippen molar-refractivity contribution in [2.24, 2.45) is 5.73 Å². The van der Waals surface area contributed by atoms with E-state index in [1.165, 1.54) is 0 Å². The smallest absolute Gasteiger partial charge is 0.320 e. The number of rotatable bonds is 9. The Bertz CT molecular complexity index is 960. The van der Waals surface area contributed by atoms with Gasteiger partial charge >= 0.3 is 12.0 Å². The standard InChI is InChI=1S/C22H28N6O4/c1-4-32-18(29)12-17(15-6-5-11-25-13-15)27-20(30)22(2,3)28-21(31)26-16-9-7-14(8-10-16)19(23)24/h5-11,13,17H,4,12H2,1-3H3,(H3,23,24)(H,27,30)(H2,26,28,31). The van der Waals surface area contributed by atoms with Gasteiger partial charge < -0.3 is 26.4 Å². The predicted molar refractivity (Wildman–Crippen MR) is 120 cm³/mol. The third-order valence-corrected chi connectivity index (χ3v) is 4.52. The molecule has 0 radical (unpaired) electrons. The van der Waals surface area contributed by atoms with E-state index in [9.17, 15) is 14.4 Å². The monoisotopic (exact) mass is 440 g/mol. The zero-order valence-electron chi connectivity index (χ0n) is 18.3. The maximum Gasteiger partial charge on any atom is 0.320 e. The SMILES string of the molecule is CCOC(=O)CC(NC(=O)C(C)(C)NC(=O)Nc1ccc(C(=N)N)cc1)c1cccnc1. The van der Waals surface area contributed by atoms with Gasteiger partial charge in [0.1, 0.15) is 11.4 Å². The molecule has 0 aliphatic carbocycles. The van der Waals surface area contributed by atoms with Gasteiger partial charge in [0, 0.05) is 23.6 Å². The Morgan fingerprint density at radius 2 is 1.88 bits per heavy atom. The van der Waals surface area contributed by atoms with E-state index in [1.54, 1.807) is 69.6 Å². The molecule has 3 amide bonds. The normalized spacial score (nSPS) is 11.7. The molecule has 1 aromatic carbocycles. The maximum atomic E-state index is 12.9. The fourth-order valence-corrected chi connectivity index (χ4v) is 2.80. The molecule has 0 aliphatic rings. The highest BCUT2D eigenvalue weighted by Gasteiger charge is 2.32. The molecule has 1 unspecified atom stereocenters. The molecule has 0 bridgehead atoms. The highest BCUT2D eigenvalue weighted by atomic mass is 16.5. The van der Waals surface area contributed by atoms with E-state index < -0.39 is 29.5 Å². The number of carbonyl (C=O) groups excluding carboxylic acids is 3. The Morgan fingerprint density at radius 3 is 2.44 bits per heavy atom. The lowest BCUT2D eigenvalue weighted by Gasteiger charge is -2.28. The lowest BCUT2D eigenvalue weighted by molar-refractivity contribution is -0.144. The number of amidine groups is 1. The Hall–Kier alpha value is -3.95. The number of urea groups is 1. The second kappa shape index (κ2) is 10.9. The van der Waals surface area contributed by atoms with Gasteiger partial charge in [-0.05, 0) is 56.7 Å². The number of nitrogens with zero attached hydrogens (tertiary/aromatic N) is 1. The Morgan fingerprint density at radius 1 is 1.19 bits per heavy atom. The number of hydrogen-bond donors (Lipinski definition) is 5. The van der Waals surface area contributed by atoms with Crippen molar-refractivity contribution in [2.75, 3.05) is 11.9 Å². The molecule has 1 atom stereocenters. The molecule has 0 aliphatic heterocycles. The van der Waals surface area contributed by atoms with Crippen LogP contribution in [0.25, 0.3) is 0 Å². The third-order valence-electron chi connectivity index (χ3n) is 4.52. The number of aromatic nitrogens is 1. The summed E-state index contributed by atoms with van der Waals surface area (Å²) in [6.07, 6.45) is 3.07. The van der Waals surface area contributed by atoms with Crippen molar-refractivity contribution in [2.45, 2.75) is 38.8 Å². The number of benzene rings is 1. The summed E-state index contributed by atoms with van der Waals surface area (Å²) in [5.41, 5.74) is 5.76. The van der Waals surface area contributed by atoms with Gasteiger partial charge in [0.15, 0.2) is 0 Å². The van der Waals surface area contributed by atoms with Crippen LogP contribution in [0.4, 0.5) is 10.5 Å². The minimum absolute atomic E-state index is 0.0734. The number of carbonyl (C=O) groups is 3. The summed E-state index contributed by atoms with van der Waals surface area (Å²) in [6, 6.07) is 8.58. The number of hydrogen-bond acceptors (Lipinski definition) is 6. The molecular weight excluding hydrogens is 412 g/mol. The van der Waals surface area contributed by atoms with Gasteiger partial charge in [0.2, 0.25) is 5.91 Å². The summed E-state index contributed by atoms with van der Waals surface area (Å²) in [7, 11) is 0. The van der Waals surface area contributed by atoms with Gasteiger partial charge in [-0.15, -0.1) is 0 Å². The van der Waals surface area contributed by atoms with Crippen LogP contribution in [0.2, 0.25) is 0 Å². The van der Waals surface area contributed by atoms with Crippen LogP contribution in [0.15, 0.2) is 48.8 Å². The first kappa shape index (κ1) is 24.3. The second-order valence-corrected chi connectivity index (χ2v) is 7.52. The molecule has 0 saturated carbocycles. The number of nitrogens with two attached hydrogens (primary N) is 1. The Kier molecular flexibility index (Phi) is 8.28. The molecule has 2 rings (SSSR count). The number of nitrogen functional groups attached to an aromatic ring is 1.